The summed E-state index contributed by atoms with van der Waals surface area (Å²) in [6.45, 7) is 1.59. The summed E-state index contributed by atoms with van der Waals surface area (Å²) in [6, 6.07) is 0. The molecule has 2 N–H and O–H groups in total. The molecule has 4 nitrogen and oxygen atoms in total. The molecule has 0 saturated carbocycles. The average molecular weight is 210 g/mol. The topological polar surface area (TPSA) is 74.6 Å². The maximum Gasteiger partial charge on any atom is 0.331 e. The Labute approximate surface area is 76.7 Å². The van der Waals surface area contributed by atoms with E-state index in [1.807, 2.05) is 0 Å². The van der Waals surface area contributed by atoms with Crippen LogP contribution in [-0.4, -0.2) is 22.2 Å². The predicted octanol–water partition coefficient (Wildman–Crippen LogP) is 0.490. The molecule has 0 rings (SSSR count). The molecular formula is C6H8O4Zn. The first-order valence-corrected chi connectivity index (χ1v) is 2.74. The van der Waals surface area contributed by atoms with Crippen LogP contribution < -0.4 is 0 Å². The molecule has 58 valence electrons. The van der Waals surface area contributed by atoms with Gasteiger partial charge in [-0.2, -0.15) is 0 Å². The van der Waals surface area contributed by atoms with Gasteiger partial charge in [-0.25, -0.2) is 9.59 Å². The zero-order valence-corrected chi connectivity index (χ0v) is 9.17. The van der Waals surface area contributed by atoms with Gasteiger partial charge in [-0.1, -0.05) is 6.92 Å². The second-order valence-corrected chi connectivity index (χ2v) is 1.67. The van der Waals surface area contributed by atoms with Crippen LogP contribution in [0, 0.1) is 0 Å². The molecule has 0 aliphatic rings. The van der Waals surface area contributed by atoms with Crippen molar-refractivity contribution < 1.29 is 39.3 Å². The third kappa shape index (κ3) is 5.73. The van der Waals surface area contributed by atoms with Gasteiger partial charge in [-0.3, -0.25) is 0 Å². The van der Waals surface area contributed by atoms with Crippen LogP contribution in [0.1, 0.15) is 13.3 Å². The third-order valence-electron chi connectivity index (χ3n) is 0.953. The number of carboxylic acids is 2. The first-order chi connectivity index (χ1) is 4.57. The molecule has 0 atom stereocenters. The summed E-state index contributed by atoms with van der Waals surface area (Å²) in [5.74, 6) is -2.40. The minimum atomic E-state index is -1.22. The van der Waals surface area contributed by atoms with Gasteiger partial charge in [0.05, 0.1) is 0 Å². The summed E-state index contributed by atoms with van der Waals surface area (Å²) in [4.78, 5) is 20.1. The third-order valence-corrected chi connectivity index (χ3v) is 0.953. The zero-order valence-electron chi connectivity index (χ0n) is 6.20. The molecule has 0 radical (unpaired) electrons. The van der Waals surface area contributed by atoms with E-state index in [-0.39, 0.29) is 31.5 Å². The van der Waals surface area contributed by atoms with E-state index >= 15 is 0 Å². The van der Waals surface area contributed by atoms with E-state index < -0.39 is 11.9 Å². The van der Waals surface area contributed by atoms with Crippen molar-refractivity contribution in [3.05, 3.63) is 11.6 Å². The number of carboxylic acid groups (broad SMARTS) is 2. The van der Waals surface area contributed by atoms with Crippen LogP contribution in [0.5, 0.6) is 0 Å². The van der Waals surface area contributed by atoms with Crippen molar-refractivity contribution in [2.75, 3.05) is 0 Å². The fourth-order valence-corrected chi connectivity index (χ4v) is 0.464. The van der Waals surface area contributed by atoms with E-state index in [0.29, 0.717) is 6.08 Å². The van der Waals surface area contributed by atoms with Crippen molar-refractivity contribution in [2.45, 2.75) is 13.3 Å². The van der Waals surface area contributed by atoms with E-state index in [1.165, 1.54) is 0 Å². The Morgan fingerprint density at radius 1 is 1.36 bits per heavy atom. The van der Waals surface area contributed by atoms with Crippen LogP contribution in [0.4, 0.5) is 0 Å². The van der Waals surface area contributed by atoms with Crippen molar-refractivity contribution in [3.63, 3.8) is 0 Å². The van der Waals surface area contributed by atoms with Crippen molar-refractivity contribution in [1.29, 1.82) is 0 Å². The van der Waals surface area contributed by atoms with Gasteiger partial charge in [-0.15, -0.1) is 0 Å². The van der Waals surface area contributed by atoms with Crippen LogP contribution >= 0.6 is 0 Å². The monoisotopic (exact) mass is 208 g/mol. The van der Waals surface area contributed by atoms with Gasteiger partial charge in [0.1, 0.15) is 0 Å². The molecule has 0 heterocycles. The molecule has 0 aromatic rings. The van der Waals surface area contributed by atoms with E-state index in [4.69, 9.17) is 10.2 Å². The van der Waals surface area contributed by atoms with Gasteiger partial charge in [0.2, 0.25) is 0 Å². The molecule has 0 saturated heterocycles. The largest absolute Gasteiger partial charge is 0.478 e. The minimum Gasteiger partial charge on any atom is -0.478 e. The van der Waals surface area contributed by atoms with E-state index in [9.17, 15) is 9.59 Å². The van der Waals surface area contributed by atoms with Gasteiger partial charge in [-0.05, 0) is 6.42 Å². The molecule has 11 heavy (non-hydrogen) atoms. The zero-order chi connectivity index (χ0) is 8.15. The Morgan fingerprint density at radius 2 is 1.82 bits per heavy atom. The molecule has 0 spiro atoms. The summed E-state index contributed by atoms with van der Waals surface area (Å²) >= 11 is 0. The first kappa shape index (κ1) is 12.9. The smallest absolute Gasteiger partial charge is 0.331 e. The predicted molar refractivity (Wildman–Crippen MR) is 33.6 cm³/mol. The SMILES string of the molecule is CC/C(=C\C(=O)O)C(=O)O.[Zn]. The molecule has 0 aliphatic heterocycles. The Morgan fingerprint density at radius 3 is 1.91 bits per heavy atom. The van der Waals surface area contributed by atoms with Gasteiger partial charge in [0, 0.05) is 31.1 Å². The Bertz CT molecular complexity index is 185. The van der Waals surface area contributed by atoms with E-state index in [2.05, 4.69) is 0 Å². The molecule has 0 bridgehead atoms. The Balaban J connectivity index is 0. The maximum atomic E-state index is 10.1. The van der Waals surface area contributed by atoms with E-state index in [1.54, 1.807) is 6.92 Å². The Hall–Kier alpha value is -0.697. The van der Waals surface area contributed by atoms with Gasteiger partial charge in [0.25, 0.3) is 0 Å². The maximum absolute atomic E-state index is 10.1. The number of hydrogen-bond donors (Lipinski definition) is 2. The average Bonchev–Trinajstić information content (AvgIpc) is 1.81. The number of aliphatic carboxylic acids is 2. The van der Waals surface area contributed by atoms with Crippen molar-refractivity contribution >= 4 is 11.9 Å². The standard InChI is InChI=1S/C6H8O4.Zn/c1-2-4(6(9)10)3-5(7)8;/h3H,2H2,1H3,(H,7,8)(H,9,10);/b4-3+;. The summed E-state index contributed by atoms with van der Waals surface area (Å²) in [5, 5.41) is 16.4. The molecule has 0 aliphatic carbocycles. The van der Waals surface area contributed by atoms with Crippen molar-refractivity contribution in [3.8, 4) is 0 Å². The molecule has 0 aromatic heterocycles. The number of hydrogen-bond acceptors (Lipinski definition) is 2. The molecule has 0 fully saturated rings. The van der Waals surface area contributed by atoms with Gasteiger partial charge in [0.15, 0.2) is 0 Å². The molecule has 0 amide bonds. The van der Waals surface area contributed by atoms with Crippen LogP contribution in [0.25, 0.3) is 0 Å². The van der Waals surface area contributed by atoms with E-state index in [0.717, 1.165) is 0 Å². The first-order valence-electron chi connectivity index (χ1n) is 2.74. The van der Waals surface area contributed by atoms with Gasteiger partial charge >= 0.3 is 11.9 Å². The van der Waals surface area contributed by atoms with Crippen LogP contribution in [-0.2, 0) is 29.1 Å². The number of rotatable bonds is 3. The fourth-order valence-electron chi connectivity index (χ4n) is 0.464. The second-order valence-electron chi connectivity index (χ2n) is 1.67. The summed E-state index contributed by atoms with van der Waals surface area (Å²) in [7, 11) is 0. The van der Waals surface area contributed by atoms with Gasteiger partial charge < -0.3 is 10.2 Å². The number of carbonyl (C=O) groups is 2. The quantitative estimate of drug-likeness (QED) is 0.524. The molecule has 0 aromatic carbocycles. The van der Waals surface area contributed by atoms with Crippen LogP contribution in [0.3, 0.4) is 0 Å². The Kier molecular flexibility index (Phi) is 7.10. The molecule has 0 unspecified atom stereocenters. The molecule has 5 heteroatoms. The molecular weight excluding hydrogens is 201 g/mol. The van der Waals surface area contributed by atoms with Crippen molar-refractivity contribution in [1.82, 2.24) is 0 Å². The second kappa shape index (κ2) is 6.04. The summed E-state index contributed by atoms with van der Waals surface area (Å²) < 4.78 is 0. The summed E-state index contributed by atoms with van der Waals surface area (Å²) in [6.07, 6.45) is 0.921. The normalized spacial score (nSPS) is 10.1. The minimum absolute atomic E-state index is 0. The summed E-state index contributed by atoms with van der Waals surface area (Å²) in [5.41, 5.74) is -0.0903. The van der Waals surface area contributed by atoms with Crippen LogP contribution in [0.15, 0.2) is 11.6 Å². The fraction of sp³-hybridized carbons (Fsp3) is 0.333. The van der Waals surface area contributed by atoms with Crippen LogP contribution in [0.2, 0.25) is 0 Å². The van der Waals surface area contributed by atoms with Crippen molar-refractivity contribution in [2.24, 2.45) is 0 Å².